The van der Waals surface area contributed by atoms with Crippen molar-refractivity contribution in [1.29, 1.82) is 0 Å². The summed E-state index contributed by atoms with van der Waals surface area (Å²) in [7, 11) is 0. The fourth-order valence-electron chi connectivity index (χ4n) is 4.75. The number of aryl methyl sites for hydroxylation is 2. The van der Waals surface area contributed by atoms with Gasteiger partial charge in [0.05, 0.1) is 17.4 Å². The van der Waals surface area contributed by atoms with E-state index in [2.05, 4.69) is 21.9 Å². The average molecular weight is 446 g/mol. The Morgan fingerprint density at radius 3 is 2.73 bits per heavy atom. The number of anilines is 1. The van der Waals surface area contributed by atoms with E-state index >= 15 is 0 Å². The highest BCUT2D eigenvalue weighted by Crippen LogP contribution is 2.26. The van der Waals surface area contributed by atoms with Gasteiger partial charge >= 0.3 is 0 Å². The number of rotatable bonds is 3. The molecule has 1 aromatic heterocycles. The van der Waals surface area contributed by atoms with Crippen molar-refractivity contribution in [1.82, 2.24) is 20.4 Å². The van der Waals surface area contributed by atoms with Crippen LogP contribution in [-0.4, -0.2) is 34.5 Å². The Bertz CT molecular complexity index is 1280. The second-order valence-corrected chi connectivity index (χ2v) is 8.68. The highest BCUT2D eigenvalue weighted by molar-refractivity contribution is 5.98. The molecular formula is C25H27N5O3. The Morgan fingerprint density at radius 1 is 0.939 bits per heavy atom. The summed E-state index contributed by atoms with van der Waals surface area (Å²) in [5, 5.41) is 0.505. The van der Waals surface area contributed by atoms with E-state index < -0.39 is 5.91 Å². The van der Waals surface area contributed by atoms with Crippen molar-refractivity contribution in [2.45, 2.75) is 45.1 Å². The van der Waals surface area contributed by atoms with Gasteiger partial charge in [0.15, 0.2) is 0 Å². The van der Waals surface area contributed by atoms with E-state index in [0.717, 1.165) is 56.6 Å². The van der Waals surface area contributed by atoms with Gasteiger partial charge in [-0.1, -0.05) is 24.6 Å². The molecule has 0 fully saturated rings. The molecule has 0 spiro atoms. The zero-order valence-electron chi connectivity index (χ0n) is 18.5. The summed E-state index contributed by atoms with van der Waals surface area (Å²) < 4.78 is 1.76. The number of aromatic nitrogens is 2. The lowest BCUT2D eigenvalue weighted by molar-refractivity contribution is -0.120. The Balaban J connectivity index is 1.27. The number of carbonyl (C=O) groups is 2. The minimum atomic E-state index is -0.443. The number of fused-ring (bicyclic) bond motifs is 3. The van der Waals surface area contributed by atoms with Crippen LogP contribution in [0.3, 0.4) is 0 Å². The molecule has 3 aromatic rings. The van der Waals surface area contributed by atoms with Crippen LogP contribution in [0.5, 0.6) is 0 Å². The number of para-hydroxylation sites is 1. The van der Waals surface area contributed by atoms with Crippen LogP contribution in [0.1, 0.15) is 47.4 Å². The number of hydrazine groups is 1. The fourth-order valence-corrected chi connectivity index (χ4v) is 4.75. The second-order valence-electron chi connectivity index (χ2n) is 8.68. The lowest BCUT2D eigenvalue weighted by atomic mass is 10.0. The fraction of sp³-hybridized carbons (Fsp3) is 0.360. The monoisotopic (exact) mass is 445 g/mol. The standard InChI is InChI=1S/C25H27N5O3/c31-23(16-29-13-6-8-17-7-3-4-9-21(17)29)27-28-24(32)18-11-12-19-20(15-18)26-22-10-2-1-5-14-30(22)25(19)33/h3-4,7,9,11-12,15H,1-2,5-6,8,10,13-14,16H2,(H,27,31)(H,28,32). The Kier molecular flexibility index (Phi) is 5.81. The topological polar surface area (TPSA) is 96.3 Å². The SMILES string of the molecule is O=C(CN1CCCc2ccccc21)NNC(=O)c1ccc2c(=O)n3c(nc2c1)CCCCC3. The predicted molar refractivity (Wildman–Crippen MR) is 126 cm³/mol. The van der Waals surface area contributed by atoms with Crippen molar-refractivity contribution >= 4 is 28.4 Å². The molecule has 2 N–H and O–H groups in total. The van der Waals surface area contributed by atoms with Gasteiger partial charge in [-0.3, -0.25) is 29.8 Å². The maximum atomic E-state index is 12.9. The minimum Gasteiger partial charge on any atom is -0.362 e. The van der Waals surface area contributed by atoms with E-state index in [9.17, 15) is 14.4 Å². The quantitative estimate of drug-likeness (QED) is 0.604. The van der Waals surface area contributed by atoms with Crippen molar-refractivity contribution < 1.29 is 9.59 Å². The lowest BCUT2D eigenvalue weighted by Gasteiger charge is -2.30. The second kappa shape index (κ2) is 9.05. The van der Waals surface area contributed by atoms with Gasteiger partial charge < -0.3 is 4.90 Å². The third-order valence-electron chi connectivity index (χ3n) is 6.44. The van der Waals surface area contributed by atoms with Crippen LogP contribution in [0.2, 0.25) is 0 Å². The minimum absolute atomic E-state index is 0.0565. The molecule has 2 aliphatic heterocycles. The maximum absolute atomic E-state index is 12.9. The lowest BCUT2D eigenvalue weighted by Crippen LogP contribution is -2.47. The normalized spacial score (nSPS) is 15.3. The molecule has 5 rings (SSSR count). The smallest absolute Gasteiger partial charge is 0.269 e. The number of carbonyl (C=O) groups excluding carboxylic acids is 2. The third-order valence-corrected chi connectivity index (χ3v) is 6.44. The highest BCUT2D eigenvalue weighted by Gasteiger charge is 2.19. The van der Waals surface area contributed by atoms with Crippen LogP contribution in [0.25, 0.3) is 10.9 Å². The number of nitrogens with zero attached hydrogens (tertiary/aromatic N) is 3. The van der Waals surface area contributed by atoms with Crippen molar-refractivity contribution in [3.63, 3.8) is 0 Å². The molecule has 2 aromatic carbocycles. The molecule has 0 aliphatic carbocycles. The first kappa shape index (κ1) is 21.2. The summed E-state index contributed by atoms with van der Waals surface area (Å²) in [6.07, 6.45) is 5.82. The molecule has 170 valence electrons. The number of hydrogen-bond donors (Lipinski definition) is 2. The summed E-state index contributed by atoms with van der Waals surface area (Å²) in [4.78, 5) is 44.7. The van der Waals surface area contributed by atoms with Crippen LogP contribution in [0, 0.1) is 0 Å². The Labute approximate surface area is 191 Å². The van der Waals surface area contributed by atoms with E-state index in [1.165, 1.54) is 5.56 Å². The van der Waals surface area contributed by atoms with E-state index in [-0.39, 0.29) is 18.0 Å². The van der Waals surface area contributed by atoms with Crippen LogP contribution < -0.4 is 21.3 Å². The molecular weight excluding hydrogens is 418 g/mol. The van der Waals surface area contributed by atoms with E-state index in [0.29, 0.717) is 23.0 Å². The van der Waals surface area contributed by atoms with Crippen LogP contribution in [0.15, 0.2) is 47.3 Å². The van der Waals surface area contributed by atoms with Crippen LogP contribution in [-0.2, 0) is 24.2 Å². The van der Waals surface area contributed by atoms with Gasteiger partial charge in [-0.15, -0.1) is 0 Å². The number of hydrogen-bond acceptors (Lipinski definition) is 5. The number of nitrogens with one attached hydrogen (secondary N) is 2. The summed E-state index contributed by atoms with van der Waals surface area (Å²) >= 11 is 0. The molecule has 3 heterocycles. The highest BCUT2D eigenvalue weighted by atomic mass is 16.2. The summed E-state index contributed by atoms with van der Waals surface area (Å²) in [6.45, 7) is 1.65. The molecule has 0 atom stereocenters. The molecule has 0 saturated heterocycles. The van der Waals surface area contributed by atoms with Crippen molar-refractivity contribution in [2.24, 2.45) is 0 Å². The molecule has 0 saturated carbocycles. The average Bonchev–Trinajstić information content (AvgIpc) is 3.08. The van der Waals surface area contributed by atoms with Gasteiger partial charge in [0, 0.05) is 30.8 Å². The Morgan fingerprint density at radius 2 is 1.82 bits per heavy atom. The van der Waals surface area contributed by atoms with Crippen LogP contribution >= 0.6 is 0 Å². The van der Waals surface area contributed by atoms with E-state index in [4.69, 9.17) is 0 Å². The van der Waals surface area contributed by atoms with Gasteiger partial charge in [0.2, 0.25) is 0 Å². The largest absolute Gasteiger partial charge is 0.362 e. The molecule has 8 nitrogen and oxygen atoms in total. The summed E-state index contributed by atoms with van der Waals surface area (Å²) in [5.74, 6) is 0.0429. The zero-order valence-corrected chi connectivity index (χ0v) is 18.5. The van der Waals surface area contributed by atoms with E-state index in [1.807, 2.05) is 23.1 Å². The molecule has 2 amide bonds. The first-order valence-electron chi connectivity index (χ1n) is 11.6. The molecule has 0 unspecified atom stereocenters. The van der Waals surface area contributed by atoms with E-state index in [1.54, 1.807) is 22.8 Å². The van der Waals surface area contributed by atoms with Crippen molar-refractivity contribution in [2.75, 3.05) is 18.0 Å². The molecule has 0 bridgehead atoms. The first-order chi connectivity index (χ1) is 16.1. The van der Waals surface area contributed by atoms with Gasteiger partial charge in [0.25, 0.3) is 17.4 Å². The summed E-state index contributed by atoms with van der Waals surface area (Å²) in [6, 6.07) is 12.9. The third kappa shape index (κ3) is 4.33. The van der Waals surface area contributed by atoms with Crippen molar-refractivity contribution in [3.05, 3.63) is 69.8 Å². The number of amides is 2. The zero-order chi connectivity index (χ0) is 22.8. The first-order valence-corrected chi connectivity index (χ1v) is 11.6. The summed E-state index contributed by atoms with van der Waals surface area (Å²) in [5.41, 5.74) is 8.10. The number of benzene rings is 2. The van der Waals surface area contributed by atoms with Crippen molar-refractivity contribution in [3.8, 4) is 0 Å². The van der Waals surface area contributed by atoms with Gasteiger partial charge in [-0.2, -0.15) is 0 Å². The van der Waals surface area contributed by atoms with Gasteiger partial charge in [0.1, 0.15) is 5.82 Å². The maximum Gasteiger partial charge on any atom is 0.269 e. The van der Waals surface area contributed by atoms with Gasteiger partial charge in [-0.25, -0.2) is 4.98 Å². The van der Waals surface area contributed by atoms with Crippen LogP contribution in [0.4, 0.5) is 5.69 Å². The molecule has 33 heavy (non-hydrogen) atoms. The molecule has 2 aliphatic rings. The predicted octanol–water partition coefficient (Wildman–Crippen LogP) is 2.34. The molecule has 0 radical (unpaired) electrons. The Hall–Kier alpha value is -3.68. The molecule has 8 heteroatoms. The van der Waals surface area contributed by atoms with Gasteiger partial charge in [-0.05, 0) is 55.5 Å².